The first kappa shape index (κ1) is 25.4. The maximum atomic E-state index is 12.5. The number of carbonyl (C=O) groups is 2. The third-order valence-corrected chi connectivity index (χ3v) is 5.42. The van der Waals surface area contributed by atoms with Gasteiger partial charge in [-0.3, -0.25) is 9.59 Å². The van der Waals surface area contributed by atoms with Crippen LogP contribution in [0.4, 0.5) is 0 Å². The predicted octanol–water partition coefficient (Wildman–Crippen LogP) is 1.62. The molecule has 0 unspecified atom stereocenters. The van der Waals surface area contributed by atoms with Gasteiger partial charge in [0.25, 0.3) is 0 Å². The molecule has 2 aliphatic heterocycles. The summed E-state index contributed by atoms with van der Waals surface area (Å²) in [6.45, 7) is 9.52. The van der Waals surface area contributed by atoms with Crippen LogP contribution in [-0.2, 0) is 9.59 Å². The van der Waals surface area contributed by atoms with Crippen LogP contribution in [0.5, 0.6) is 0 Å². The summed E-state index contributed by atoms with van der Waals surface area (Å²) in [5.74, 6) is 1.03. The number of hydrogen-bond acceptors (Lipinski definition) is 4. The van der Waals surface area contributed by atoms with Crippen molar-refractivity contribution in [2.24, 2.45) is 5.92 Å². The van der Waals surface area contributed by atoms with Gasteiger partial charge >= 0.3 is 0 Å². The van der Waals surface area contributed by atoms with Crippen molar-refractivity contribution in [2.75, 3.05) is 59.4 Å². The third-order valence-electron chi connectivity index (χ3n) is 5.42. The third kappa shape index (κ3) is 7.99. The van der Waals surface area contributed by atoms with E-state index < -0.39 is 0 Å². The molecule has 6 nitrogen and oxygen atoms in total. The summed E-state index contributed by atoms with van der Waals surface area (Å²) in [6.07, 6.45) is 4.13. The molecule has 154 valence electrons. The standard InChI is InChI=1S/C18H34N4O2.2ClH/c1-3-20-11-13-22(14-12-20)18(24)15-16-6-9-21(10-7-16)17(23)5-4-8-19-2;;/h16,19H,3-15H2,1-2H3;2*1H. The Morgan fingerprint density at radius 3 is 2.04 bits per heavy atom. The average molecular weight is 411 g/mol. The highest BCUT2D eigenvalue weighted by molar-refractivity contribution is 5.85. The normalized spacial score (nSPS) is 18.8. The molecule has 0 aromatic rings. The van der Waals surface area contributed by atoms with Crippen LogP contribution in [0.2, 0.25) is 0 Å². The molecule has 2 heterocycles. The number of likely N-dealkylation sites (N-methyl/N-ethyl adjacent to an activating group) is 1. The number of hydrogen-bond donors (Lipinski definition) is 1. The molecule has 0 aromatic carbocycles. The molecule has 2 aliphatic rings. The van der Waals surface area contributed by atoms with E-state index in [0.717, 1.165) is 71.6 Å². The molecule has 0 spiro atoms. The lowest BCUT2D eigenvalue weighted by atomic mass is 9.92. The lowest BCUT2D eigenvalue weighted by molar-refractivity contribution is -0.135. The molecule has 0 aliphatic carbocycles. The Labute approximate surface area is 170 Å². The van der Waals surface area contributed by atoms with Gasteiger partial charge in [0, 0.05) is 52.1 Å². The monoisotopic (exact) mass is 410 g/mol. The second-order valence-corrected chi connectivity index (χ2v) is 7.05. The summed E-state index contributed by atoms with van der Waals surface area (Å²) >= 11 is 0. The number of halogens is 2. The van der Waals surface area contributed by atoms with Crippen LogP contribution in [0.1, 0.15) is 39.0 Å². The quantitative estimate of drug-likeness (QED) is 0.647. The van der Waals surface area contributed by atoms with Gasteiger partial charge in [0.1, 0.15) is 0 Å². The van der Waals surface area contributed by atoms with Crippen LogP contribution in [0.25, 0.3) is 0 Å². The van der Waals surface area contributed by atoms with Crippen molar-refractivity contribution >= 4 is 36.6 Å². The van der Waals surface area contributed by atoms with Crippen molar-refractivity contribution < 1.29 is 9.59 Å². The van der Waals surface area contributed by atoms with Crippen molar-refractivity contribution in [3.05, 3.63) is 0 Å². The summed E-state index contributed by atoms with van der Waals surface area (Å²) in [5.41, 5.74) is 0. The van der Waals surface area contributed by atoms with Crippen LogP contribution in [-0.4, -0.2) is 85.9 Å². The van der Waals surface area contributed by atoms with Crippen molar-refractivity contribution in [1.29, 1.82) is 0 Å². The van der Waals surface area contributed by atoms with Gasteiger partial charge in [0.05, 0.1) is 0 Å². The van der Waals surface area contributed by atoms with Crippen molar-refractivity contribution in [3.8, 4) is 0 Å². The first-order valence-electron chi connectivity index (χ1n) is 9.56. The Morgan fingerprint density at radius 1 is 0.923 bits per heavy atom. The zero-order valence-electron chi connectivity index (χ0n) is 16.2. The van der Waals surface area contributed by atoms with Gasteiger partial charge in [-0.1, -0.05) is 6.92 Å². The van der Waals surface area contributed by atoms with Crippen LogP contribution >= 0.6 is 24.8 Å². The molecule has 0 radical (unpaired) electrons. The van der Waals surface area contributed by atoms with Gasteiger partial charge in [-0.15, -0.1) is 24.8 Å². The highest BCUT2D eigenvalue weighted by Gasteiger charge is 2.27. The van der Waals surface area contributed by atoms with E-state index >= 15 is 0 Å². The van der Waals surface area contributed by atoms with Gasteiger partial charge in [0.2, 0.25) is 11.8 Å². The summed E-state index contributed by atoms with van der Waals surface area (Å²) in [6, 6.07) is 0. The van der Waals surface area contributed by atoms with Gasteiger partial charge in [-0.25, -0.2) is 0 Å². The number of likely N-dealkylation sites (tertiary alicyclic amines) is 1. The van der Waals surface area contributed by atoms with E-state index in [2.05, 4.69) is 17.1 Å². The van der Waals surface area contributed by atoms with Crippen LogP contribution in [0.15, 0.2) is 0 Å². The first-order chi connectivity index (χ1) is 11.6. The van der Waals surface area contributed by atoms with Crippen molar-refractivity contribution in [1.82, 2.24) is 20.0 Å². The molecule has 2 amide bonds. The van der Waals surface area contributed by atoms with Gasteiger partial charge in [-0.2, -0.15) is 0 Å². The van der Waals surface area contributed by atoms with Crippen LogP contribution < -0.4 is 5.32 Å². The lowest BCUT2D eigenvalue weighted by Gasteiger charge is -2.36. The highest BCUT2D eigenvalue weighted by Crippen LogP contribution is 2.22. The summed E-state index contributed by atoms with van der Waals surface area (Å²) in [4.78, 5) is 31.0. The van der Waals surface area contributed by atoms with Crippen LogP contribution in [0, 0.1) is 5.92 Å². The second kappa shape index (κ2) is 13.6. The van der Waals surface area contributed by atoms with E-state index in [-0.39, 0.29) is 30.7 Å². The Hall–Kier alpha value is -0.560. The Morgan fingerprint density at radius 2 is 1.50 bits per heavy atom. The molecule has 2 saturated heterocycles. The fourth-order valence-electron chi connectivity index (χ4n) is 3.65. The molecule has 0 aromatic heterocycles. The SMILES string of the molecule is CCN1CCN(C(=O)CC2CCN(C(=O)CCCNC)CC2)CC1.Cl.Cl. The maximum Gasteiger partial charge on any atom is 0.222 e. The predicted molar refractivity (Wildman–Crippen MR) is 110 cm³/mol. The smallest absolute Gasteiger partial charge is 0.222 e. The van der Waals surface area contributed by atoms with E-state index in [9.17, 15) is 9.59 Å². The van der Waals surface area contributed by atoms with Crippen LogP contribution in [0.3, 0.4) is 0 Å². The minimum absolute atomic E-state index is 0. The fourth-order valence-corrected chi connectivity index (χ4v) is 3.65. The van der Waals surface area contributed by atoms with E-state index in [1.165, 1.54) is 0 Å². The highest BCUT2D eigenvalue weighted by atomic mass is 35.5. The molecular weight excluding hydrogens is 375 g/mol. The zero-order chi connectivity index (χ0) is 17.4. The number of piperidine rings is 1. The molecule has 0 atom stereocenters. The zero-order valence-corrected chi connectivity index (χ0v) is 17.9. The minimum Gasteiger partial charge on any atom is -0.343 e. The molecular formula is C18H36Cl2N4O2. The Balaban J connectivity index is 0.00000312. The molecule has 26 heavy (non-hydrogen) atoms. The number of piperazine rings is 1. The second-order valence-electron chi connectivity index (χ2n) is 7.05. The van der Waals surface area contributed by atoms with Gasteiger partial charge in [-0.05, 0) is 45.3 Å². The number of carbonyl (C=O) groups excluding carboxylic acids is 2. The van der Waals surface area contributed by atoms with E-state index in [1.54, 1.807) is 0 Å². The van der Waals surface area contributed by atoms with Crippen molar-refractivity contribution in [3.63, 3.8) is 0 Å². The fraction of sp³-hybridized carbons (Fsp3) is 0.889. The molecule has 2 rings (SSSR count). The molecule has 0 saturated carbocycles. The maximum absolute atomic E-state index is 12.5. The minimum atomic E-state index is 0. The van der Waals surface area contributed by atoms with Crippen molar-refractivity contribution in [2.45, 2.75) is 39.0 Å². The average Bonchev–Trinajstić information content (AvgIpc) is 2.62. The van der Waals surface area contributed by atoms with Gasteiger partial charge in [0.15, 0.2) is 0 Å². The number of rotatable bonds is 7. The first-order valence-corrected chi connectivity index (χ1v) is 9.56. The summed E-state index contributed by atoms with van der Waals surface area (Å²) in [5, 5.41) is 3.08. The largest absolute Gasteiger partial charge is 0.343 e. The van der Waals surface area contributed by atoms with E-state index in [1.807, 2.05) is 16.8 Å². The number of amides is 2. The van der Waals surface area contributed by atoms with Gasteiger partial charge < -0.3 is 20.0 Å². The number of nitrogens with one attached hydrogen (secondary N) is 1. The number of nitrogens with zero attached hydrogens (tertiary/aromatic N) is 3. The topological polar surface area (TPSA) is 55.9 Å². The summed E-state index contributed by atoms with van der Waals surface area (Å²) < 4.78 is 0. The molecule has 8 heteroatoms. The van der Waals surface area contributed by atoms with E-state index in [4.69, 9.17) is 0 Å². The Kier molecular flexibility index (Phi) is 13.3. The molecule has 1 N–H and O–H groups in total. The summed E-state index contributed by atoms with van der Waals surface area (Å²) in [7, 11) is 1.91. The Bertz CT molecular complexity index is 410. The molecule has 0 bridgehead atoms. The molecule has 2 fully saturated rings. The lowest BCUT2D eigenvalue weighted by Crippen LogP contribution is -2.49. The van der Waals surface area contributed by atoms with E-state index in [0.29, 0.717) is 24.7 Å².